The molecule has 4 aromatic carbocycles. The van der Waals surface area contributed by atoms with Gasteiger partial charge in [-0.1, -0.05) is 203 Å². The minimum Gasteiger partial charge on any atom is -0.472 e. The first-order valence-electron chi connectivity index (χ1n) is 20.4. The smallest absolute Gasteiger partial charge is 0.472 e. The Labute approximate surface area is 382 Å². The van der Waals surface area contributed by atoms with Crippen molar-refractivity contribution in [2.45, 2.75) is 131 Å². The predicted octanol–water partition coefficient (Wildman–Crippen LogP) is 15.2. The minimum atomic E-state index is -1.65. The van der Waals surface area contributed by atoms with E-state index in [1.54, 1.807) is 0 Å². The molecule has 0 aromatic heterocycles. The van der Waals surface area contributed by atoms with E-state index in [0.717, 1.165) is 47.4 Å². The number of ether oxygens (including phenoxy) is 1. The van der Waals surface area contributed by atoms with Gasteiger partial charge in [-0.25, -0.2) is 0 Å². The maximum absolute atomic E-state index is 5.14. The number of para-hydroxylation sites is 2. The molecule has 0 amide bonds. The van der Waals surface area contributed by atoms with Gasteiger partial charge in [-0.2, -0.15) is 0 Å². The summed E-state index contributed by atoms with van der Waals surface area (Å²) >= 11 is 0. The Morgan fingerprint density at radius 1 is 0.536 bits per heavy atom. The summed E-state index contributed by atoms with van der Waals surface area (Å²) in [6, 6.07) is 33.8. The number of amidine groups is 2. The molecule has 0 spiro atoms. The molecular weight excluding hydrogens is 878 g/mol. The Bertz CT molecular complexity index is 1740. The standard InChI is InChI=1S/2C22H31N2Si.C4H8O.Yb/c2*1-16(2)19-14-11-15-20(17(3)4)21(19)23-22(24-25(5,6)7)18-12-9-8-10-13-18;1-2-4-5-3-1;/h2*8-17H,1-7H3;1-4H2;/q2*-1;;+2. The van der Waals surface area contributed by atoms with Crippen LogP contribution in [0.4, 0.5) is 11.4 Å². The molecule has 1 aliphatic rings. The van der Waals surface area contributed by atoms with Gasteiger partial charge in [0.05, 0.1) is 0 Å². The van der Waals surface area contributed by atoms with E-state index in [4.69, 9.17) is 24.7 Å². The van der Waals surface area contributed by atoms with Crippen LogP contribution in [0.5, 0.6) is 0 Å². The monoisotopic (exact) mass is 948 g/mol. The first kappa shape index (κ1) is 49.9. The molecule has 0 unspecified atom stereocenters. The second kappa shape index (κ2) is 24.0. The normalized spacial score (nSPS) is 13.5. The van der Waals surface area contributed by atoms with Gasteiger partial charge in [0, 0.05) is 29.7 Å². The average molecular weight is 948 g/mol. The van der Waals surface area contributed by atoms with Gasteiger partial charge in [-0.05, 0) is 81.3 Å². The van der Waals surface area contributed by atoms with Gasteiger partial charge in [0.25, 0.3) is 0 Å². The second-order valence-corrected chi connectivity index (χ2v) is 26.8. The van der Waals surface area contributed by atoms with Gasteiger partial charge in [0.2, 0.25) is 0 Å². The van der Waals surface area contributed by atoms with E-state index in [1.165, 1.54) is 35.1 Å². The van der Waals surface area contributed by atoms with Crippen LogP contribution >= 0.6 is 0 Å². The fourth-order valence-corrected chi connectivity index (χ4v) is 7.75. The van der Waals surface area contributed by atoms with Crippen molar-refractivity contribution in [1.82, 2.24) is 0 Å². The summed E-state index contributed by atoms with van der Waals surface area (Å²) in [5, 5.41) is 5.14. The third kappa shape index (κ3) is 16.9. The van der Waals surface area contributed by atoms with Crippen LogP contribution in [0.15, 0.2) is 107 Å². The van der Waals surface area contributed by atoms with E-state index >= 15 is 0 Å². The molecule has 310 valence electrons. The molecule has 0 radical (unpaired) electrons. The van der Waals surface area contributed by atoms with Crippen LogP contribution < -0.4 is 0 Å². The van der Waals surface area contributed by atoms with Gasteiger partial charge < -0.3 is 24.7 Å². The molecule has 0 bridgehead atoms. The molecule has 1 aliphatic heterocycles. The molecule has 0 atom stereocenters. The Morgan fingerprint density at radius 2 is 0.929 bits per heavy atom. The summed E-state index contributed by atoms with van der Waals surface area (Å²) in [6.07, 6.45) is 2.56. The first-order chi connectivity index (χ1) is 25.9. The molecule has 0 saturated carbocycles. The SMILES string of the molecule is C1CCOC1.CC(C)c1cccc(C(C)C)c1N=C([N-][Si](C)(C)C)c1ccccc1.CC(C)c1cccc(C(C)C)c1[N-]/C(=N/[Si](C)(C)C)c1ccccc1.[Yb+2]. The minimum absolute atomic E-state index is 0. The van der Waals surface area contributed by atoms with Crippen LogP contribution in [0.3, 0.4) is 0 Å². The maximum Gasteiger partial charge on any atom is 2.00 e. The summed E-state index contributed by atoms with van der Waals surface area (Å²) in [4.78, 5) is 10.2. The van der Waals surface area contributed by atoms with Gasteiger partial charge in [-0.15, -0.1) is 0 Å². The third-order valence-corrected chi connectivity index (χ3v) is 10.7. The van der Waals surface area contributed by atoms with E-state index in [2.05, 4.69) is 180 Å². The van der Waals surface area contributed by atoms with Crippen molar-refractivity contribution in [2.75, 3.05) is 13.2 Å². The Kier molecular flexibility index (Phi) is 21.3. The number of nitrogens with zero attached hydrogens (tertiary/aromatic N) is 4. The first-order valence-corrected chi connectivity index (χ1v) is 27.3. The zero-order valence-corrected chi connectivity index (χ0v) is 40.6. The summed E-state index contributed by atoms with van der Waals surface area (Å²) in [5.41, 5.74) is 9.59. The van der Waals surface area contributed by atoms with Gasteiger partial charge in [0.15, 0.2) is 0 Å². The summed E-state index contributed by atoms with van der Waals surface area (Å²) < 4.78 is 10.0. The molecule has 1 heterocycles. The number of aliphatic imine (C=N–C) groups is 1. The molecule has 1 fully saturated rings. The van der Waals surface area contributed by atoms with E-state index in [9.17, 15) is 0 Å². The molecule has 0 aliphatic carbocycles. The summed E-state index contributed by atoms with van der Waals surface area (Å²) in [7, 11) is -3.30. The molecular formula is C48H70N4OSi2Yb. The Balaban J connectivity index is 0.000000337. The number of rotatable bonds is 10. The van der Waals surface area contributed by atoms with Crippen LogP contribution in [-0.4, -0.2) is 41.4 Å². The quantitative estimate of drug-likeness (QED) is 0.0887. The summed E-state index contributed by atoms with van der Waals surface area (Å²) in [5.74, 6) is 3.47. The topological polar surface area (TPSA) is 62.1 Å². The molecule has 8 heteroatoms. The number of benzene rings is 4. The van der Waals surface area contributed by atoms with Crippen molar-refractivity contribution < 1.29 is 51.7 Å². The zero-order valence-electron chi connectivity index (χ0n) is 36.8. The van der Waals surface area contributed by atoms with Crippen molar-refractivity contribution >= 4 is 39.5 Å². The van der Waals surface area contributed by atoms with Gasteiger partial charge in [-0.3, -0.25) is 0 Å². The predicted molar refractivity (Wildman–Crippen MR) is 248 cm³/mol. The number of hydrogen-bond acceptors (Lipinski definition) is 3. The fourth-order valence-electron chi connectivity index (χ4n) is 6.12. The van der Waals surface area contributed by atoms with Crippen LogP contribution in [0.25, 0.3) is 10.3 Å². The van der Waals surface area contributed by atoms with E-state index in [1.807, 2.05) is 12.1 Å². The van der Waals surface area contributed by atoms with E-state index < -0.39 is 16.5 Å². The van der Waals surface area contributed by atoms with Crippen molar-refractivity contribution in [3.63, 3.8) is 0 Å². The van der Waals surface area contributed by atoms with Crippen molar-refractivity contribution in [2.24, 2.45) is 9.65 Å². The van der Waals surface area contributed by atoms with E-state index in [-0.39, 0.29) is 46.9 Å². The maximum atomic E-state index is 5.14. The molecule has 5 nitrogen and oxygen atoms in total. The van der Waals surface area contributed by atoms with Crippen LogP contribution in [0.2, 0.25) is 39.3 Å². The van der Waals surface area contributed by atoms with Crippen molar-refractivity contribution in [1.29, 1.82) is 0 Å². The zero-order chi connectivity index (χ0) is 40.8. The average Bonchev–Trinajstić information content (AvgIpc) is 3.71. The Hall–Kier alpha value is -2.27. The molecule has 5 rings (SSSR count). The van der Waals surface area contributed by atoms with Gasteiger partial charge in [0.1, 0.15) is 0 Å². The fraction of sp³-hybridized carbons (Fsp3) is 0.458. The third-order valence-electron chi connectivity index (χ3n) is 8.89. The molecule has 56 heavy (non-hydrogen) atoms. The van der Waals surface area contributed by atoms with Crippen molar-refractivity contribution in [3.8, 4) is 0 Å². The van der Waals surface area contributed by atoms with E-state index in [0.29, 0.717) is 23.7 Å². The molecule has 4 aromatic rings. The van der Waals surface area contributed by atoms with Crippen LogP contribution in [0.1, 0.15) is 125 Å². The van der Waals surface area contributed by atoms with Crippen LogP contribution in [0, 0.1) is 46.9 Å². The second-order valence-electron chi connectivity index (χ2n) is 17.7. The van der Waals surface area contributed by atoms with Crippen molar-refractivity contribution in [3.05, 3.63) is 141 Å². The molecule has 1 saturated heterocycles. The largest absolute Gasteiger partial charge is 2.00 e. The summed E-state index contributed by atoms with van der Waals surface area (Å²) in [6.45, 7) is 33.4. The molecule has 0 N–H and O–H groups in total. The Morgan fingerprint density at radius 3 is 1.27 bits per heavy atom. The number of hydrogen-bond donors (Lipinski definition) is 0. The van der Waals surface area contributed by atoms with Gasteiger partial charge >= 0.3 is 46.9 Å². The van der Waals surface area contributed by atoms with Crippen LogP contribution in [-0.2, 0) is 4.74 Å².